The zero-order valence-corrected chi connectivity index (χ0v) is 16.5. The first-order chi connectivity index (χ1) is 11.5. The molecular formula is C15H18F3IN4OS. The van der Waals surface area contributed by atoms with Crippen molar-refractivity contribution in [3.05, 3.63) is 46.3 Å². The van der Waals surface area contributed by atoms with Gasteiger partial charge < -0.3 is 15.4 Å². The van der Waals surface area contributed by atoms with Crippen molar-refractivity contribution < 1.29 is 17.9 Å². The molecule has 2 aromatic rings. The van der Waals surface area contributed by atoms with Gasteiger partial charge in [-0.15, -0.1) is 24.0 Å². The molecule has 5 nitrogen and oxygen atoms in total. The Morgan fingerprint density at radius 3 is 2.68 bits per heavy atom. The summed E-state index contributed by atoms with van der Waals surface area (Å²) in [6.45, 7) is -0.528. The van der Waals surface area contributed by atoms with Crippen molar-refractivity contribution in [2.24, 2.45) is 4.99 Å². The minimum absolute atomic E-state index is 0. The summed E-state index contributed by atoms with van der Waals surface area (Å²) in [5.41, 5.74) is 1.64. The third-order valence-electron chi connectivity index (χ3n) is 2.93. The van der Waals surface area contributed by atoms with Gasteiger partial charge in [0.05, 0.1) is 0 Å². The van der Waals surface area contributed by atoms with Crippen LogP contribution in [0.2, 0.25) is 0 Å². The number of aliphatic imine (C=N–C) groups is 1. The van der Waals surface area contributed by atoms with Gasteiger partial charge in [0.1, 0.15) is 0 Å². The van der Waals surface area contributed by atoms with Crippen molar-refractivity contribution in [3.63, 3.8) is 0 Å². The summed E-state index contributed by atoms with van der Waals surface area (Å²) >= 11 is 1.60. The molecule has 0 bridgehead atoms. The molecule has 0 saturated heterocycles. The largest absolute Gasteiger partial charge is 0.468 e. The zero-order valence-electron chi connectivity index (χ0n) is 13.3. The molecule has 2 aromatic heterocycles. The lowest BCUT2D eigenvalue weighted by Crippen LogP contribution is -2.36. The number of halogens is 4. The summed E-state index contributed by atoms with van der Waals surface area (Å²) in [5.74, 6) is 0.488. The van der Waals surface area contributed by atoms with Crippen LogP contribution in [0.4, 0.5) is 13.2 Å². The van der Waals surface area contributed by atoms with Gasteiger partial charge in [0.25, 0.3) is 0 Å². The Morgan fingerprint density at radius 1 is 1.28 bits per heavy atom. The van der Waals surface area contributed by atoms with Crippen LogP contribution in [0.1, 0.15) is 11.1 Å². The highest BCUT2D eigenvalue weighted by Gasteiger charge is 2.29. The second kappa shape index (κ2) is 10.4. The maximum Gasteiger partial charge on any atom is 0.422 e. The van der Waals surface area contributed by atoms with Gasteiger partial charge in [0.15, 0.2) is 12.6 Å². The van der Waals surface area contributed by atoms with Gasteiger partial charge in [0, 0.05) is 31.9 Å². The number of nitrogens with zero attached hydrogens (tertiary/aromatic N) is 2. The highest BCUT2D eigenvalue weighted by Crippen LogP contribution is 2.19. The molecule has 0 aliphatic rings. The Kier molecular flexibility index (Phi) is 8.97. The van der Waals surface area contributed by atoms with Gasteiger partial charge >= 0.3 is 6.18 Å². The first-order valence-corrected chi connectivity index (χ1v) is 8.01. The molecule has 0 atom stereocenters. The van der Waals surface area contributed by atoms with E-state index in [1.54, 1.807) is 30.5 Å². The minimum Gasteiger partial charge on any atom is -0.468 e. The van der Waals surface area contributed by atoms with Crippen LogP contribution in [0.25, 0.3) is 0 Å². The molecule has 2 rings (SSSR count). The number of ether oxygens (including phenoxy) is 1. The second-order valence-corrected chi connectivity index (χ2v) is 5.56. The van der Waals surface area contributed by atoms with E-state index in [0.717, 1.165) is 5.56 Å². The van der Waals surface area contributed by atoms with E-state index in [4.69, 9.17) is 4.74 Å². The molecule has 0 aliphatic heterocycles. The minimum atomic E-state index is -4.40. The molecule has 0 aromatic carbocycles. The molecule has 138 valence electrons. The monoisotopic (exact) mass is 486 g/mol. The highest BCUT2D eigenvalue weighted by atomic mass is 127. The number of alkyl halides is 3. The normalized spacial score (nSPS) is 11.6. The quantitative estimate of drug-likeness (QED) is 0.373. The van der Waals surface area contributed by atoms with Crippen LogP contribution in [0.3, 0.4) is 0 Å². The molecule has 0 aliphatic carbocycles. The molecule has 10 heteroatoms. The van der Waals surface area contributed by atoms with E-state index in [9.17, 15) is 13.2 Å². The van der Waals surface area contributed by atoms with Crippen LogP contribution in [0.5, 0.6) is 5.88 Å². The maximum atomic E-state index is 12.3. The van der Waals surface area contributed by atoms with E-state index >= 15 is 0 Å². The highest BCUT2D eigenvalue weighted by molar-refractivity contribution is 14.0. The Hall–Kier alpha value is -1.56. The molecule has 0 amide bonds. The lowest BCUT2D eigenvalue weighted by molar-refractivity contribution is -0.154. The zero-order chi connectivity index (χ0) is 17.4. The lowest BCUT2D eigenvalue weighted by Gasteiger charge is -2.14. The smallest absolute Gasteiger partial charge is 0.422 e. The molecule has 0 spiro atoms. The summed E-state index contributed by atoms with van der Waals surface area (Å²) in [6, 6.07) is 5.28. The molecule has 25 heavy (non-hydrogen) atoms. The molecule has 0 radical (unpaired) electrons. The Bertz CT molecular complexity index is 665. The number of hydrogen-bond acceptors (Lipinski definition) is 4. The summed E-state index contributed by atoms with van der Waals surface area (Å²) in [4.78, 5) is 7.93. The Morgan fingerprint density at radius 2 is 2.04 bits per heavy atom. The summed E-state index contributed by atoms with van der Waals surface area (Å²) in [5, 5.41) is 10.1. The van der Waals surface area contributed by atoms with Crippen LogP contribution >= 0.6 is 35.3 Å². The van der Waals surface area contributed by atoms with Crippen molar-refractivity contribution >= 4 is 41.3 Å². The number of guanidine groups is 1. The lowest BCUT2D eigenvalue weighted by atomic mass is 10.2. The van der Waals surface area contributed by atoms with Crippen LogP contribution in [0, 0.1) is 0 Å². The number of hydrogen-bond donors (Lipinski definition) is 2. The third-order valence-corrected chi connectivity index (χ3v) is 3.66. The van der Waals surface area contributed by atoms with E-state index in [1.165, 1.54) is 6.20 Å². The van der Waals surface area contributed by atoms with Gasteiger partial charge in [-0.3, -0.25) is 4.99 Å². The van der Waals surface area contributed by atoms with Crippen LogP contribution in [-0.2, 0) is 13.1 Å². The van der Waals surface area contributed by atoms with Crippen molar-refractivity contribution in [2.45, 2.75) is 19.3 Å². The predicted molar refractivity (Wildman–Crippen MR) is 103 cm³/mol. The number of rotatable bonds is 6. The maximum absolute atomic E-state index is 12.3. The van der Waals surface area contributed by atoms with Crippen molar-refractivity contribution in [1.29, 1.82) is 0 Å². The standard InChI is InChI=1S/C15H17F3N4OS.HI/c1-19-14(21-7-11-4-6-24-9-11)22-8-12-3-2-5-20-13(12)23-10-15(16,17)18;/h2-6,9H,7-8,10H2,1H3,(H2,19,21,22);1H. The fraction of sp³-hybridized carbons (Fsp3) is 0.333. The molecular weight excluding hydrogens is 468 g/mol. The molecule has 0 unspecified atom stereocenters. The van der Waals surface area contributed by atoms with Gasteiger partial charge in [0.2, 0.25) is 5.88 Å². The number of pyridine rings is 1. The summed E-state index contributed by atoms with van der Waals surface area (Å²) in [6.07, 6.45) is -3.01. The van der Waals surface area contributed by atoms with Gasteiger partial charge in [-0.2, -0.15) is 24.5 Å². The van der Waals surface area contributed by atoms with E-state index in [0.29, 0.717) is 18.1 Å². The van der Waals surface area contributed by atoms with Crippen molar-refractivity contribution in [2.75, 3.05) is 13.7 Å². The third kappa shape index (κ3) is 7.90. The molecule has 2 N–H and O–H groups in total. The predicted octanol–water partition coefficient (Wildman–Crippen LogP) is 3.57. The number of aromatic nitrogens is 1. The summed E-state index contributed by atoms with van der Waals surface area (Å²) < 4.78 is 41.6. The van der Waals surface area contributed by atoms with Gasteiger partial charge in [-0.25, -0.2) is 4.98 Å². The van der Waals surface area contributed by atoms with Crippen molar-refractivity contribution in [1.82, 2.24) is 15.6 Å². The summed E-state index contributed by atoms with van der Waals surface area (Å²) in [7, 11) is 1.62. The van der Waals surface area contributed by atoms with Gasteiger partial charge in [-0.05, 0) is 28.5 Å². The van der Waals surface area contributed by atoms with Crippen LogP contribution in [-0.4, -0.2) is 30.8 Å². The topological polar surface area (TPSA) is 58.5 Å². The fourth-order valence-electron chi connectivity index (χ4n) is 1.82. The first-order valence-electron chi connectivity index (χ1n) is 7.07. The van der Waals surface area contributed by atoms with Crippen molar-refractivity contribution in [3.8, 4) is 5.88 Å². The second-order valence-electron chi connectivity index (χ2n) is 4.78. The van der Waals surface area contributed by atoms with E-state index in [2.05, 4.69) is 20.6 Å². The molecule has 0 fully saturated rings. The molecule has 2 heterocycles. The fourth-order valence-corrected chi connectivity index (χ4v) is 2.49. The Labute approximate surface area is 164 Å². The van der Waals surface area contributed by atoms with Crippen LogP contribution < -0.4 is 15.4 Å². The van der Waals surface area contributed by atoms with Gasteiger partial charge in [-0.1, -0.05) is 6.07 Å². The average Bonchev–Trinajstić information content (AvgIpc) is 3.06. The molecule has 0 saturated carbocycles. The Balaban J connectivity index is 0.00000312. The van der Waals surface area contributed by atoms with E-state index in [1.807, 2.05) is 16.8 Å². The van der Waals surface area contributed by atoms with E-state index < -0.39 is 12.8 Å². The van der Waals surface area contributed by atoms with E-state index in [-0.39, 0.29) is 36.4 Å². The number of nitrogens with one attached hydrogen (secondary N) is 2. The van der Waals surface area contributed by atoms with Crippen LogP contribution in [0.15, 0.2) is 40.1 Å². The first kappa shape index (κ1) is 21.5. The number of thiophene rings is 1. The SMILES string of the molecule is CN=C(NCc1ccsc1)NCc1cccnc1OCC(F)(F)F.I. The average molecular weight is 486 g/mol.